The molecule has 2 rings (SSSR count). The van der Waals surface area contributed by atoms with Gasteiger partial charge in [-0.25, -0.2) is 0 Å². The number of ether oxygens (including phenoxy) is 1. The monoisotopic (exact) mass is 277 g/mol. The van der Waals surface area contributed by atoms with Crippen LogP contribution in [-0.2, 0) is 27.2 Å². The average Bonchev–Trinajstić information content (AvgIpc) is 2.51. The standard InChI is InChI=1S/C15H19NO4/c1-10(17)20-7-6-12-8-11-4-3-5-15(19)16(2)13(11)9-14(12)18/h8-9,18H,3-7H2,1-2H3. The van der Waals surface area contributed by atoms with Crippen molar-refractivity contribution in [3.63, 3.8) is 0 Å². The highest BCUT2D eigenvalue weighted by atomic mass is 16.5. The lowest BCUT2D eigenvalue weighted by Gasteiger charge is -2.19. The first kappa shape index (κ1) is 14.4. The number of hydrogen-bond donors (Lipinski definition) is 1. The Bertz CT molecular complexity index is 539. The highest BCUT2D eigenvalue weighted by molar-refractivity contribution is 5.94. The zero-order chi connectivity index (χ0) is 14.7. The van der Waals surface area contributed by atoms with E-state index in [4.69, 9.17) is 4.74 Å². The number of aromatic hydroxyl groups is 1. The number of carbonyl (C=O) groups is 2. The van der Waals surface area contributed by atoms with Gasteiger partial charge in [0.05, 0.1) is 12.3 Å². The molecule has 0 unspecified atom stereocenters. The highest BCUT2D eigenvalue weighted by Gasteiger charge is 2.20. The van der Waals surface area contributed by atoms with Gasteiger partial charge in [0.2, 0.25) is 5.91 Å². The minimum atomic E-state index is -0.329. The van der Waals surface area contributed by atoms with Crippen molar-refractivity contribution >= 4 is 17.6 Å². The summed E-state index contributed by atoms with van der Waals surface area (Å²) in [5, 5.41) is 10.0. The molecule has 108 valence electrons. The Kier molecular flexibility index (Phi) is 4.27. The van der Waals surface area contributed by atoms with Crippen molar-refractivity contribution in [1.82, 2.24) is 0 Å². The highest BCUT2D eigenvalue weighted by Crippen LogP contribution is 2.32. The van der Waals surface area contributed by atoms with E-state index in [9.17, 15) is 14.7 Å². The lowest BCUT2D eigenvalue weighted by molar-refractivity contribution is -0.140. The average molecular weight is 277 g/mol. The van der Waals surface area contributed by atoms with Crippen molar-refractivity contribution in [3.05, 3.63) is 23.3 Å². The zero-order valence-corrected chi connectivity index (χ0v) is 11.8. The number of fused-ring (bicyclic) bond motifs is 1. The van der Waals surface area contributed by atoms with Crippen LogP contribution in [-0.4, -0.2) is 30.6 Å². The molecule has 1 aliphatic rings. The molecular formula is C15H19NO4. The van der Waals surface area contributed by atoms with Crippen LogP contribution in [0.1, 0.15) is 30.9 Å². The quantitative estimate of drug-likeness (QED) is 0.855. The van der Waals surface area contributed by atoms with Crippen molar-refractivity contribution in [3.8, 4) is 5.75 Å². The first-order valence-corrected chi connectivity index (χ1v) is 6.73. The third-order valence-electron chi connectivity index (χ3n) is 3.53. The molecule has 0 bridgehead atoms. The first-order chi connectivity index (χ1) is 9.49. The molecule has 1 aromatic rings. The first-order valence-electron chi connectivity index (χ1n) is 6.73. The maximum absolute atomic E-state index is 11.8. The number of benzene rings is 1. The van der Waals surface area contributed by atoms with Crippen LogP contribution in [0.25, 0.3) is 0 Å². The molecule has 5 nitrogen and oxygen atoms in total. The van der Waals surface area contributed by atoms with Crippen molar-refractivity contribution in [1.29, 1.82) is 0 Å². The van der Waals surface area contributed by atoms with E-state index in [1.807, 2.05) is 6.07 Å². The number of rotatable bonds is 3. The van der Waals surface area contributed by atoms with E-state index in [0.717, 1.165) is 29.7 Å². The SMILES string of the molecule is CC(=O)OCCc1cc2c(cc1O)N(C)C(=O)CCC2. The normalized spacial score (nSPS) is 14.7. The summed E-state index contributed by atoms with van der Waals surface area (Å²) in [6, 6.07) is 3.53. The number of phenols is 1. The van der Waals surface area contributed by atoms with Gasteiger partial charge in [-0.2, -0.15) is 0 Å². The predicted molar refractivity (Wildman–Crippen MR) is 74.8 cm³/mol. The summed E-state index contributed by atoms with van der Waals surface area (Å²) < 4.78 is 4.89. The van der Waals surface area contributed by atoms with Crippen LogP contribution < -0.4 is 4.90 Å². The number of phenolic OH excluding ortho intramolecular Hbond substituents is 1. The summed E-state index contributed by atoms with van der Waals surface area (Å²) in [6.07, 6.45) is 2.61. The van der Waals surface area contributed by atoms with E-state index in [-0.39, 0.29) is 24.2 Å². The fourth-order valence-corrected chi connectivity index (χ4v) is 2.42. The molecule has 5 heteroatoms. The van der Waals surface area contributed by atoms with Crippen LogP contribution >= 0.6 is 0 Å². The van der Waals surface area contributed by atoms with Gasteiger partial charge in [0, 0.05) is 32.9 Å². The van der Waals surface area contributed by atoms with Crippen LogP contribution in [0.15, 0.2) is 12.1 Å². The number of amides is 1. The molecule has 1 amide bonds. The van der Waals surface area contributed by atoms with Crippen molar-refractivity contribution in [2.45, 2.75) is 32.6 Å². The lowest BCUT2D eigenvalue weighted by atomic mass is 10.0. The van der Waals surface area contributed by atoms with Gasteiger partial charge in [-0.1, -0.05) is 0 Å². The third kappa shape index (κ3) is 3.10. The molecule has 0 saturated heterocycles. The van der Waals surface area contributed by atoms with E-state index in [2.05, 4.69) is 0 Å². The topological polar surface area (TPSA) is 66.8 Å². The fourth-order valence-electron chi connectivity index (χ4n) is 2.42. The van der Waals surface area contributed by atoms with Crippen molar-refractivity contribution in [2.75, 3.05) is 18.6 Å². The van der Waals surface area contributed by atoms with Crippen molar-refractivity contribution < 1.29 is 19.4 Å². The fraction of sp³-hybridized carbons (Fsp3) is 0.467. The van der Waals surface area contributed by atoms with E-state index >= 15 is 0 Å². The Labute approximate surface area is 118 Å². The van der Waals surface area contributed by atoms with Crippen LogP contribution in [0.3, 0.4) is 0 Å². The number of anilines is 1. The molecule has 0 aliphatic carbocycles. The van der Waals surface area contributed by atoms with E-state index in [0.29, 0.717) is 12.8 Å². The van der Waals surface area contributed by atoms with Crippen LogP contribution in [0.4, 0.5) is 5.69 Å². The molecular weight excluding hydrogens is 258 g/mol. The number of hydrogen-bond acceptors (Lipinski definition) is 4. The Balaban J connectivity index is 2.23. The van der Waals surface area contributed by atoms with Gasteiger partial charge < -0.3 is 14.7 Å². The van der Waals surface area contributed by atoms with Gasteiger partial charge in [0.15, 0.2) is 0 Å². The van der Waals surface area contributed by atoms with Gasteiger partial charge in [-0.15, -0.1) is 0 Å². The largest absolute Gasteiger partial charge is 0.508 e. The summed E-state index contributed by atoms with van der Waals surface area (Å²) in [6.45, 7) is 1.61. The molecule has 0 spiro atoms. The Hall–Kier alpha value is -2.04. The Morgan fingerprint density at radius 3 is 2.85 bits per heavy atom. The van der Waals surface area contributed by atoms with Crippen molar-refractivity contribution in [2.24, 2.45) is 0 Å². The second kappa shape index (κ2) is 5.94. The van der Waals surface area contributed by atoms with Crippen LogP contribution in [0, 0.1) is 0 Å². The number of nitrogens with zero attached hydrogens (tertiary/aromatic N) is 1. The van der Waals surface area contributed by atoms with Crippen LogP contribution in [0.2, 0.25) is 0 Å². The number of esters is 1. The molecule has 1 aromatic carbocycles. The second-order valence-electron chi connectivity index (χ2n) is 5.01. The van der Waals surface area contributed by atoms with Gasteiger partial charge in [0.25, 0.3) is 0 Å². The second-order valence-corrected chi connectivity index (χ2v) is 5.01. The molecule has 1 aliphatic heterocycles. The zero-order valence-electron chi connectivity index (χ0n) is 11.8. The third-order valence-corrected chi connectivity index (χ3v) is 3.53. The maximum Gasteiger partial charge on any atom is 0.302 e. The van der Waals surface area contributed by atoms with Gasteiger partial charge in [-0.05, 0) is 30.0 Å². The Morgan fingerprint density at radius 1 is 1.40 bits per heavy atom. The smallest absolute Gasteiger partial charge is 0.302 e. The van der Waals surface area contributed by atoms with Crippen LogP contribution in [0.5, 0.6) is 5.75 Å². The summed E-state index contributed by atoms with van der Waals surface area (Å²) in [4.78, 5) is 24.1. The Morgan fingerprint density at radius 2 is 2.15 bits per heavy atom. The summed E-state index contributed by atoms with van der Waals surface area (Å²) in [5.74, 6) is -0.127. The molecule has 0 saturated carbocycles. The molecule has 20 heavy (non-hydrogen) atoms. The maximum atomic E-state index is 11.8. The molecule has 0 atom stereocenters. The molecule has 1 heterocycles. The molecule has 0 aromatic heterocycles. The number of carbonyl (C=O) groups excluding carboxylic acids is 2. The van der Waals surface area contributed by atoms with E-state index in [1.54, 1.807) is 18.0 Å². The molecule has 0 fully saturated rings. The lowest BCUT2D eigenvalue weighted by Crippen LogP contribution is -2.25. The minimum Gasteiger partial charge on any atom is -0.508 e. The van der Waals surface area contributed by atoms with E-state index < -0.39 is 0 Å². The summed E-state index contributed by atoms with van der Waals surface area (Å²) in [7, 11) is 1.73. The van der Waals surface area contributed by atoms with Gasteiger partial charge in [-0.3, -0.25) is 9.59 Å². The summed E-state index contributed by atoms with van der Waals surface area (Å²) in [5.41, 5.74) is 2.56. The molecule has 1 N–H and O–H groups in total. The molecule has 0 radical (unpaired) electrons. The summed E-state index contributed by atoms with van der Waals surface area (Å²) >= 11 is 0. The van der Waals surface area contributed by atoms with Gasteiger partial charge >= 0.3 is 5.97 Å². The van der Waals surface area contributed by atoms with Gasteiger partial charge in [0.1, 0.15) is 5.75 Å². The predicted octanol–water partition coefficient (Wildman–Crippen LogP) is 1.80. The van der Waals surface area contributed by atoms with E-state index in [1.165, 1.54) is 6.92 Å². The minimum absolute atomic E-state index is 0.0656. The number of aryl methyl sites for hydroxylation is 1.